The van der Waals surface area contributed by atoms with Gasteiger partial charge in [-0.1, -0.05) is 0 Å². The van der Waals surface area contributed by atoms with Crippen molar-refractivity contribution in [2.24, 2.45) is 5.73 Å². The van der Waals surface area contributed by atoms with Gasteiger partial charge in [-0.05, 0) is 12.1 Å². The second-order valence-electron chi connectivity index (χ2n) is 2.45. The van der Waals surface area contributed by atoms with Crippen LogP contribution in [-0.4, -0.2) is 25.8 Å². The van der Waals surface area contributed by atoms with E-state index in [0.717, 1.165) is 5.82 Å². The molecule has 78 valence electrons. The van der Waals surface area contributed by atoms with E-state index in [1.807, 2.05) is 6.07 Å². The maximum absolute atomic E-state index is 10.3. The lowest BCUT2D eigenvalue weighted by Crippen LogP contribution is -2.14. The molecule has 15 heavy (non-hydrogen) atoms. The number of carbonyl (C=O) groups is 1. The van der Waals surface area contributed by atoms with Crippen molar-refractivity contribution in [1.82, 2.24) is 19.9 Å². The van der Waals surface area contributed by atoms with Crippen LogP contribution in [-0.2, 0) is 0 Å². The second-order valence-corrected chi connectivity index (χ2v) is 2.45. The molecule has 2 rings (SSSR count). The lowest BCUT2D eigenvalue weighted by molar-refractivity contribution is 0.0990. The highest BCUT2D eigenvalue weighted by Crippen LogP contribution is 1.90. The van der Waals surface area contributed by atoms with E-state index in [0.29, 0.717) is 0 Å². The average molecular weight is 206 g/mol. The Morgan fingerprint density at radius 2 is 2.00 bits per heavy atom. The van der Waals surface area contributed by atoms with Crippen LogP contribution in [0.2, 0.25) is 0 Å². The number of hydrogen-bond acceptors (Lipinski definition) is 5. The number of nitrogens with zero attached hydrogens (tertiary/aromatic N) is 3. The number of aromatic amines is 1. The van der Waals surface area contributed by atoms with E-state index in [2.05, 4.69) is 19.9 Å². The van der Waals surface area contributed by atoms with E-state index in [-0.39, 0.29) is 5.82 Å². The fourth-order valence-electron chi connectivity index (χ4n) is 0.711. The van der Waals surface area contributed by atoms with Crippen molar-refractivity contribution < 1.29 is 4.79 Å². The summed E-state index contributed by atoms with van der Waals surface area (Å²) in [5.74, 6) is 0.0670. The van der Waals surface area contributed by atoms with Crippen LogP contribution in [0.3, 0.4) is 0 Å². The summed E-state index contributed by atoms with van der Waals surface area (Å²) in [7, 11) is 0. The SMILES string of the molecule is NC(=O)c1ncncn1.Nc1ccc[nH]1. The zero-order valence-corrected chi connectivity index (χ0v) is 7.79. The average Bonchev–Trinajstić information content (AvgIpc) is 2.71. The minimum absolute atomic E-state index is 0.00926. The molecular weight excluding hydrogens is 196 g/mol. The number of aromatic nitrogens is 4. The fraction of sp³-hybridized carbons (Fsp3) is 0. The maximum atomic E-state index is 10.3. The molecule has 0 aliphatic carbocycles. The molecule has 7 heteroatoms. The van der Waals surface area contributed by atoms with Gasteiger partial charge in [0.2, 0.25) is 5.82 Å². The predicted molar refractivity (Wildman–Crippen MR) is 53.6 cm³/mol. The highest BCUT2D eigenvalue weighted by Gasteiger charge is 1.98. The lowest BCUT2D eigenvalue weighted by atomic mass is 10.6. The molecule has 0 aliphatic rings. The fourth-order valence-corrected chi connectivity index (χ4v) is 0.711. The number of anilines is 1. The van der Waals surface area contributed by atoms with Crippen LogP contribution in [0.4, 0.5) is 5.82 Å². The highest BCUT2D eigenvalue weighted by molar-refractivity contribution is 5.88. The quantitative estimate of drug-likeness (QED) is 0.583. The maximum Gasteiger partial charge on any atom is 0.286 e. The summed E-state index contributed by atoms with van der Waals surface area (Å²) in [5.41, 5.74) is 10.0. The summed E-state index contributed by atoms with van der Waals surface area (Å²) < 4.78 is 0. The van der Waals surface area contributed by atoms with Crippen molar-refractivity contribution in [3.8, 4) is 0 Å². The zero-order chi connectivity index (χ0) is 11.1. The van der Waals surface area contributed by atoms with Gasteiger partial charge < -0.3 is 16.5 Å². The lowest BCUT2D eigenvalue weighted by Gasteiger charge is -1.86. The Bertz CT molecular complexity index is 398. The summed E-state index contributed by atoms with van der Waals surface area (Å²) >= 11 is 0. The second kappa shape index (κ2) is 5.32. The summed E-state index contributed by atoms with van der Waals surface area (Å²) in [5, 5.41) is 0. The highest BCUT2D eigenvalue weighted by atomic mass is 16.1. The number of carbonyl (C=O) groups excluding carboxylic acids is 1. The standard InChI is InChI=1S/C4H4N4O.C4H6N2/c5-3(9)4-7-1-6-2-8-4;5-4-2-1-3-6-4/h1-2H,(H2,5,9);1-3,6H,5H2. The molecule has 0 bridgehead atoms. The Kier molecular flexibility index (Phi) is 3.78. The van der Waals surface area contributed by atoms with Crippen LogP contribution in [0.5, 0.6) is 0 Å². The Morgan fingerprint density at radius 1 is 1.33 bits per heavy atom. The van der Waals surface area contributed by atoms with E-state index in [9.17, 15) is 4.79 Å². The van der Waals surface area contributed by atoms with Gasteiger partial charge in [0.25, 0.3) is 5.91 Å². The van der Waals surface area contributed by atoms with Crippen LogP contribution in [0.15, 0.2) is 31.0 Å². The van der Waals surface area contributed by atoms with Crippen LogP contribution < -0.4 is 11.5 Å². The van der Waals surface area contributed by atoms with Gasteiger partial charge in [0, 0.05) is 6.20 Å². The molecule has 0 fully saturated rings. The predicted octanol–water partition coefficient (Wildman–Crippen LogP) is -0.433. The summed E-state index contributed by atoms with van der Waals surface area (Å²) in [6, 6.07) is 3.66. The minimum atomic E-state index is -0.641. The first-order valence-electron chi connectivity index (χ1n) is 4.01. The molecule has 1 amide bonds. The van der Waals surface area contributed by atoms with Crippen LogP contribution in [0, 0.1) is 0 Å². The normalized spacial score (nSPS) is 8.80. The third-order valence-corrected chi connectivity index (χ3v) is 1.34. The van der Waals surface area contributed by atoms with Gasteiger partial charge >= 0.3 is 0 Å². The molecule has 5 N–H and O–H groups in total. The third-order valence-electron chi connectivity index (χ3n) is 1.34. The smallest absolute Gasteiger partial charge is 0.286 e. The number of hydrogen-bond donors (Lipinski definition) is 3. The Morgan fingerprint density at radius 3 is 2.27 bits per heavy atom. The van der Waals surface area contributed by atoms with Crippen molar-refractivity contribution in [3.05, 3.63) is 36.8 Å². The number of rotatable bonds is 1. The van der Waals surface area contributed by atoms with Gasteiger partial charge in [-0.3, -0.25) is 4.79 Å². The molecule has 2 heterocycles. The first-order chi connectivity index (χ1) is 7.20. The number of nitrogens with two attached hydrogens (primary N) is 2. The Balaban J connectivity index is 0.000000162. The van der Waals surface area contributed by atoms with Gasteiger partial charge in [-0.15, -0.1) is 0 Å². The number of primary amides is 1. The molecule has 0 saturated heterocycles. The molecule has 0 saturated carbocycles. The first kappa shape index (κ1) is 10.6. The van der Waals surface area contributed by atoms with Crippen molar-refractivity contribution in [3.63, 3.8) is 0 Å². The number of H-pyrrole nitrogens is 1. The van der Waals surface area contributed by atoms with E-state index in [1.54, 1.807) is 12.3 Å². The van der Waals surface area contributed by atoms with Gasteiger partial charge in [0.1, 0.15) is 18.5 Å². The topological polar surface area (TPSA) is 124 Å². The summed E-state index contributed by atoms with van der Waals surface area (Å²) in [6.45, 7) is 0. The molecule has 0 atom stereocenters. The molecular formula is C8H10N6O. The van der Waals surface area contributed by atoms with Gasteiger partial charge in [-0.25, -0.2) is 15.0 Å². The largest absolute Gasteiger partial charge is 0.385 e. The molecule has 2 aromatic heterocycles. The minimum Gasteiger partial charge on any atom is -0.385 e. The van der Waals surface area contributed by atoms with Crippen molar-refractivity contribution >= 4 is 11.7 Å². The van der Waals surface area contributed by atoms with Crippen LogP contribution >= 0.6 is 0 Å². The molecule has 0 unspecified atom stereocenters. The van der Waals surface area contributed by atoms with Crippen molar-refractivity contribution in [2.75, 3.05) is 5.73 Å². The van der Waals surface area contributed by atoms with Crippen molar-refractivity contribution in [1.29, 1.82) is 0 Å². The van der Waals surface area contributed by atoms with Crippen molar-refractivity contribution in [2.45, 2.75) is 0 Å². The van der Waals surface area contributed by atoms with Crippen LogP contribution in [0.1, 0.15) is 10.6 Å². The third kappa shape index (κ3) is 3.85. The molecule has 0 aliphatic heterocycles. The van der Waals surface area contributed by atoms with Gasteiger partial charge in [-0.2, -0.15) is 0 Å². The van der Waals surface area contributed by atoms with E-state index < -0.39 is 5.91 Å². The van der Waals surface area contributed by atoms with Crippen LogP contribution in [0.25, 0.3) is 0 Å². The van der Waals surface area contributed by atoms with E-state index in [1.165, 1.54) is 12.7 Å². The Labute approximate surface area is 85.6 Å². The van der Waals surface area contributed by atoms with Gasteiger partial charge in [0.15, 0.2) is 0 Å². The first-order valence-corrected chi connectivity index (χ1v) is 4.01. The van der Waals surface area contributed by atoms with Gasteiger partial charge in [0.05, 0.1) is 0 Å². The monoisotopic (exact) mass is 206 g/mol. The molecule has 0 spiro atoms. The number of nitrogen functional groups attached to an aromatic ring is 1. The number of nitrogens with one attached hydrogen (secondary N) is 1. The zero-order valence-electron chi connectivity index (χ0n) is 7.79. The molecule has 2 aromatic rings. The molecule has 0 radical (unpaired) electrons. The Hall–Kier alpha value is -2.44. The van der Waals surface area contributed by atoms with E-state index >= 15 is 0 Å². The number of amides is 1. The molecule has 7 nitrogen and oxygen atoms in total. The molecule has 0 aromatic carbocycles. The van der Waals surface area contributed by atoms with E-state index in [4.69, 9.17) is 11.5 Å². The summed E-state index contributed by atoms with van der Waals surface area (Å²) in [4.78, 5) is 23.5. The summed E-state index contributed by atoms with van der Waals surface area (Å²) in [6.07, 6.45) is 4.22.